The molecule has 12 heteroatoms. The molecule has 0 aliphatic rings. The van der Waals surface area contributed by atoms with Crippen molar-refractivity contribution < 1.29 is 9.53 Å². The Morgan fingerprint density at radius 3 is 2.55 bits per heavy atom. The van der Waals surface area contributed by atoms with Crippen molar-refractivity contribution in [1.29, 1.82) is 0 Å². The van der Waals surface area contributed by atoms with Crippen LogP contribution in [0.25, 0.3) is 11.4 Å². The smallest absolute Gasteiger partial charge is 0.243 e. The summed E-state index contributed by atoms with van der Waals surface area (Å²) >= 11 is 17.6. The number of amides is 1. The molecule has 208 valence electrons. The topological polar surface area (TPSA) is 106 Å². The van der Waals surface area contributed by atoms with Gasteiger partial charge in [0.15, 0.2) is 5.11 Å². The van der Waals surface area contributed by atoms with Crippen LogP contribution in [0.3, 0.4) is 0 Å². The van der Waals surface area contributed by atoms with E-state index in [9.17, 15) is 4.79 Å². The number of nitrogens with zero attached hydrogens (tertiary/aromatic N) is 4. The number of hydrogen-bond donors (Lipinski definition) is 3. The first-order chi connectivity index (χ1) is 19.4. The van der Waals surface area contributed by atoms with Crippen molar-refractivity contribution in [2.75, 3.05) is 18.4 Å². The molecule has 40 heavy (non-hydrogen) atoms. The van der Waals surface area contributed by atoms with Crippen molar-refractivity contribution >= 4 is 52.1 Å². The molecule has 1 heterocycles. The first-order valence-corrected chi connectivity index (χ1v) is 14.0. The summed E-state index contributed by atoms with van der Waals surface area (Å²) < 4.78 is 5.97. The van der Waals surface area contributed by atoms with E-state index in [2.05, 4.69) is 50.4 Å². The van der Waals surface area contributed by atoms with Gasteiger partial charge in [-0.1, -0.05) is 60.8 Å². The highest BCUT2D eigenvalue weighted by Gasteiger charge is 2.15. The van der Waals surface area contributed by atoms with Gasteiger partial charge in [0.1, 0.15) is 18.0 Å². The molecule has 1 amide bonds. The first-order valence-electron chi connectivity index (χ1n) is 12.8. The van der Waals surface area contributed by atoms with E-state index in [1.807, 2.05) is 24.3 Å². The highest BCUT2D eigenvalue weighted by molar-refractivity contribution is 7.80. The molecule has 0 aliphatic carbocycles. The number of thiocarbonyl (C=S) groups is 1. The van der Waals surface area contributed by atoms with E-state index in [1.54, 1.807) is 30.3 Å². The molecule has 0 fully saturated rings. The van der Waals surface area contributed by atoms with E-state index in [4.69, 9.17) is 40.2 Å². The molecule has 0 unspecified atom stereocenters. The minimum Gasteiger partial charge on any atom is -0.455 e. The fraction of sp³-hybridized carbons (Fsp3) is 0.250. The maximum absolute atomic E-state index is 12.4. The van der Waals surface area contributed by atoms with Gasteiger partial charge in [0, 0.05) is 23.8 Å². The standard InChI is InChI=1S/C28H29Cl2N7O2S/c1-2-3-6-19-9-12-21(13-10-19)33-28(40)32-16-15-31-26(38)18-37-35-27(34-36-37)22-7-4-5-8-24(22)39-25-14-11-20(29)17-23(25)30/h4-5,7-14,17H,2-3,6,15-16,18H2,1H3,(H,31,38)(H2,32,33,40). The van der Waals surface area contributed by atoms with Crippen LogP contribution in [0.1, 0.15) is 25.3 Å². The van der Waals surface area contributed by atoms with Gasteiger partial charge >= 0.3 is 0 Å². The Morgan fingerprint density at radius 1 is 1.00 bits per heavy atom. The van der Waals surface area contributed by atoms with Crippen molar-refractivity contribution in [3.05, 3.63) is 82.3 Å². The second kappa shape index (κ2) is 14.6. The Kier molecular flexibility index (Phi) is 10.7. The fourth-order valence-electron chi connectivity index (χ4n) is 3.71. The molecule has 9 nitrogen and oxygen atoms in total. The second-order valence-corrected chi connectivity index (χ2v) is 10.1. The summed E-state index contributed by atoms with van der Waals surface area (Å²) in [6.07, 6.45) is 3.43. The molecule has 0 atom stereocenters. The predicted molar refractivity (Wildman–Crippen MR) is 162 cm³/mol. The average molecular weight is 599 g/mol. The number of unbranched alkanes of at least 4 members (excludes halogenated alkanes) is 1. The lowest BCUT2D eigenvalue weighted by atomic mass is 10.1. The molecule has 4 aromatic rings. The van der Waals surface area contributed by atoms with Crippen LogP contribution in [-0.4, -0.2) is 44.3 Å². The van der Waals surface area contributed by atoms with E-state index in [-0.39, 0.29) is 12.5 Å². The monoisotopic (exact) mass is 597 g/mol. The number of carbonyl (C=O) groups is 1. The number of hydrogen-bond acceptors (Lipinski definition) is 6. The van der Waals surface area contributed by atoms with Gasteiger partial charge in [-0.05, 0) is 78.3 Å². The van der Waals surface area contributed by atoms with Crippen LogP contribution < -0.4 is 20.7 Å². The third-order valence-electron chi connectivity index (χ3n) is 5.74. The second-order valence-electron chi connectivity index (χ2n) is 8.85. The molecule has 0 bridgehead atoms. The number of halogens is 2. The lowest BCUT2D eigenvalue weighted by Crippen LogP contribution is -2.38. The van der Waals surface area contributed by atoms with Gasteiger partial charge in [0.2, 0.25) is 11.7 Å². The SMILES string of the molecule is CCCCc1ccc(NC(=S)NCCNC(=O)Cn2nnc(-c3ccccc3Oc3ccc(Cl)cc3Cl)n2)cc1. The predicted octanol–water partition coefficient (Wildman–Crippen LogP) is 5.88. The average Bonchev–Trinajstić information content (AvgIpc) is 3.40. The molecular formula is C28H29Cl2N7O2S. The number of para-hydroxylation sites is 1. The van der Waals surface area contributed by atoms with Crippen molar-refractivity contribution in [3.63, 3.8) is 0 Å². The number of rotatable bonds is 12. The van der Waals surface area contributed by atoms with Gasteiger partial charge in [-0.25, -0.2) is 0 Å². The summed E-state index contributed by atoms with van der Waals surface area (Å²) in [5.74, 6) is 0.974. The van der Waals surface area contributed by atoms with Crippen molar-refractivity contribution in [2.45, 2.75) is 32.7 Å². The Morgan fingerprint density at radius 2 is 1.77 bits per heavy atom. The van der Waals surface area contributed by atoms with E-state index < -0.39 is 0 Å². The quantitative estimate of drug-likeness (QED) is 0.137. The molecule has 3 aromatic carbocycles. The maximum Gasteiger partial charge on any atom is 0.243 e. The van der Waals surface area contributed by atoms with Crippen LogP contribution in [0, 0.1) is 0 Å². The number of carbonyl (C=O) groups excluding carboxylic acids is 1. The van der Waals surface area contributed by atoms with Gasteiger partial charge in [0.05, 0.1) is 10.6 Å². The summed E-state index contributed by atoms with van der Waals surface area (Å²) in [5.41, 5.74) is 2.82. The van der Waals surface area contributed by atoms with Gasteiger partial charge in [0.25, 0.3) is 0 Å². The summed E-state index contributed by atoms with van der Waals surface area (Å²) in [6.45, 7) is 2.92. The fourth-order valence-corrected chi connectivity index (χ4v) is 4.38. The summed E-state index contributed by atoms with van der Waals surface area (Å²) in [5, 5.41) is 22.8. The van der Waals surface area contributed by atoms with E-state index >= 15 is 0 Å². The maximum atomic E-state index is 12.4. The van der Waals surface area contributed by atoms with Crippen molar-refractivity contribution in [2.24, 2.45) is 0 Å². The first kappa shape index (κ1) is 29.3. The van der Waals surface area contributed by atoms with E-state index in [1.165, 1.54) is 23.2 Å². The molecule has 0 spiro atoms. The number of benzene rings is 3. The molecular weight excluding hydrogens is 569 g/mol. The molecule has 3 N–H and O–H groups in total. The van der Waals surface area contributed by atoms with Crippen molar-refractivity contribution in [1.82, 2.24) is 30.8 Å². The van der Waals surface area contributed by atoms with Crippen LogP contribution in [-0.2, 0) is 17.8 Å². The molecule has 0 saturated heterocycles. The Balaban J connectivity index is 1.23. The van der Waals surface area contributed by atoms with Gasteiger partial charge < -0.3 is 20.7 Å². The number of aromatic nitrogens is 4. The number of anilines is 1. The number of tetrazole rings is 1. The van der Waals surface area contributed by atoms with Gasteiger partial charge in [-0.2, -0.15) is 4.80 Å². The number of nitrogens with one attached hydrogen (secondary N) is 3. The van der Waals surface area contributed by atoms with Crippen LogP contribution in [0.5, 0.6) is 11.5 Å². The van der Waals surface area contributed by atoms with Crippen LogP contribution in [0.2, 0.25) is 10.0 Å². The van der Waals surface area contributed by atoms with E-state index in [0.29, 0.717) is 51.1 Å². The lowest BCUT2D eigenvalue weighted by Gasteiger charge is -2.11. The highest BCUT2D eigenvalue weighted by Crippen LogP contribution is 2.35. The number of ether oxygens (including phenoxy) is 1. The minimum absolute atomic E-state index is 0.0912. The van der Waals surface area contributed by atoms with E-state index in [0.717, 1.165) is 12.1 Å². The number of aryl methyl sites for hydroxylation is 1. The van der Waals surface area contributed by atoms with Crippen molar-refractivity contribution in [3.8, 4) is 22.9 Å². The zero-order valence-electron chi connectivity index (χ0n) is 21.9. The third-order valence-corrected chi connectivity index (χ3v) is 6.52. The van der Waals surface area contributed by atoms with Crippen LogP contribution >= 0.6 is 35.4 Å². The summed E-state index contributed by atoms with van der Waals surface area (Å²) in [7, 11) is 0. The zero-order chi connectivity index (χ0) is 28.3. The Labute approximate surface area is 248 Å². The summed E-state index contributed by atoms with van der Waals surface area (Å²) in [4.78, 5) is 13.6. The zero-order valence-corrected chi connectivity index (χ0v) is 24.2. The molecule has 4 rings (SSSR count). The molecule has 0 aliphatic heterocycles. The molecule has 0 radical (unpaired) electrons. The third kappa shape index (κ3) is 8.64. The Hall–Kier alpha value is -3.73. The normalized spacial score (nSPS) is 10.7. The van der Waals surface area contributed by atoms with Crippen LogP contribution in [0.15, 0.2) is 66.7 Å². The molecule has 1 aromatic heterocycles. The van der Waals surface area contributed by atoms with Crippen LogP contribution in [0.4, 0.5) is 5.69 Å². The van der Waals surface area contributed by atoms with Gasteiger partial charge in [-0.15, -0.1) is 10.2 Å². The largest absolute Gasteiger partial charge is 0.455 e. The lowest BCUT2D eigenvalue weighted by molar-refractivity contribution is -0.122. The van der Waals surface area contributed by atoms with Gasteiger partial charge in [-0.3, -0.25) is 4.79 Å². The molecule has 0 saturated carbocycles. The minimum atomic E-state index is -0.259. The Bertz CT molecular complexity index is 1450. The highest BCUT2D eigenvalue weighted by atomic mass is 35.5. The summed E-state index contributed by atoms with van der Waals surface area (Å²) in [6, 6.07) is 20.4.